The van der Waals surface area contributed by atoms with Crippen molar-refractivity contribution < 1.29 is 18.0 Å². The van der Waals surface area contributed by atoms with Crippen LogP contribution in [0, 0.1) is 0 Å². The zero-order valence-corrected chi connectivity index (χ0v) is 11.9. The molecule has 1 aromatic heterocycles. The van der Waals surface area contributed by atoms with Gasteiger partial charge in [-0.1, -0.05) is 12.1 Å². The molecule has 0 spiro atoms. The Balaban J connectivity index is 1.86. The highest BCUT2D eigenvalue weighted by atomic mass is 19.4. The van der Waals surface area contributed by atoms with Crippen LogP contribution < -0.4 is 5.32 Å². The van der Waals surface area contributed by atoms with Gasteiger partial charge in [-0.25, -0.2) is 0 Å². The maximum absolute atomic E-state index is 12.6. The maximum atomic E-state index is 12.6. The number of hydrogen-bond donors (Lipinski definition) is 1. The number of carbonyl (C=O) groups excluding carboxylic acids is 1. The predicted molar refractivity (Wildman–Crippen MR) is 76.3 cm³/mol. The van der Waals surface area contributed by atoms with E-state index in [-0.39, 0.29) is 5.91 Å². The molecule has 1 aliphatic rings. The first-order chi connectivity index (χ1) is 10.4. The minimum atomic E-state index is -4.24. The fourth-order valence-corrected chi connectivity index (χ4v) is 2.82. The average molecular weight is 311 g/mol. The van der Waals surface area contributed by atoms with Crippen LogP contribution in [0.15, 0.2) is 30.5 Å². The number of rotatable bonds is 3. The van der Waals surface area contributed by atoms with Gasteiger partial charge < -0.3 is 9.88 Å². The molecule has 0 radical (unpaired) electrons. The van der Waals surface area contributed by atoms with E-state index in [1.165, 1.54) is 10.8 Å². The Bertz CT molecular complexity index is 693. The summed E-state index contributed by atoms with van der Waals surface area (Å²) in [6, 6.07) is 7.05. The van der Waals surface area contributed by atoms with Gasteiger partial charge in [0.1, 0.15) is 6.54 Å². The Labute approximate surface area is 125 Å². The van der Waals surface area contributed by atoms with Crippen LogP contribution in [0.4, 0.5) is 13.2 Å². The van der Waals surface area contributed by atoms with E-state index in [1.807, 2.05) is 11.0 Å². The highest BCUT2D eigenvalue weighted by Gasteiger charge is 2.28. The Morgan fingerprint density at radius 1 is 1.23 bits per heavy atom. The molecule has 2 heterocycles. The molecule has 1 saturated heterocycles. The fraction of sp³-hybridized carbons (Fsp3) is 0.400. The van der Waals surface area contributed by atoms with Crippen LogP contribution in [0.2, 0.25) is 0 Å². The minimum Gasteiger partial charge on any atom is -0.354 e. The van der Waals surface area contributed by atoms with Gasteiger partial charge in [0.25, 0.3) is 0 Å². The summed E-state index contributed by atoms with van der Waals surface area (Å²) >= 11 is 0. The van der Waals surface area contributed by atoms with Gasteiger partial charge in [-0.05, 0) is 17.7 Å². The van der Waals surface area contributed by atoms with Crippen molar-refractivity contribution in [1.29, 1.82) is 0 Å². The summed E-state index contributed by atoms with van der Waals surface area (Å²) in [5.41, 5.74) is 1.50. The SMILES string of the molecule is O=C1CN(Cc2cccc3c2ccn3CC(F)(F)F)CCN1. The van der Waals surface area contributed by atoms with E-state index in [2.05, 4.69) is 5.32 Å². The summed E-state index contributed by atoms with van der Waals surface area (Å²) in [6.45, 7) is 1.22. The van der Waals surface area contributed by atoms with Gasteiger partial charge in [-0.15, -0.1) is 0 Å². The fourth-order valence-electron chi connectivity index (χ4n) is 2.82. The van der Waals surface area contributed by atoms with Gasteiger partial charge >= 0.3 is 6.18 Å². The van der Waals surface area contributed by atoms with E-state index in [4.69, 9.17) is 0 Å². The molecule has 0 atom stereocenters. The lowest BCUT2D eigenvalue weighted by Crippen LogP contribution is -2.47. The molecule has 1 N–H and O–H groups in total. The van der Waals surface area contributed by atoms with Crippen LogP contribution in [0.1, 0.15) is 5.56 Å². The number of aromatic nitrogens is 1. The molecule has 22 heavy (non-hydrogen) atoms. The molecule has 2 aromatic rings. The Hall–Kier alpha value is -2.02. The summed E-state index contributed by atoms with van der Waals surface area (Å²) < 4.78 is 39.0. The smallest absolute Gasteiger partial charge is 0.354 e. The first-order valence-electron chi connectivity index (χ1n) is 7.05. The number of amides is 1. The number of carbonyl (C=O) groups is 1. The standard InChI is InChI=1S/C15H16F3N3O/c16-15(17,18)10-21-6-4-12-11(2-1-3-13(12)21)8-20-7-5-19-14(22)9-20/h1-4,6H,5,7-10H2,(H,19,22). The third-order valence-corrected chi connectivity index (χ3v) is 3.76. The molecule has 4 nitrogen and oxygen atoms in total. The number of nitrogens with zero attached hydrogens (tertiary/aromatic N) is 2. The van der Waals surface area contributed by atoms with E-state index in [1.54, 1.807) is 18.2 Å². The normalized spacial score (nSPS) is 17.0. The molecule has 1 amide bonds. The monoisotopic (exact) mass is 311 g/mol. The van der Waals surface area contributed by atoms with Crippen molar-refractivity contribution in [1.82, 2.24) is 14.8 Å². The van der Waals surface area contributed by atoms with Gasteiger partial charge in [0, 0.05) is 36.7 Å². The average Bonchev–Trinajstić information content (AvgIpc) is 2.81. The zero-order valence-electron chi connectivity index (χ0n) is 11.9. The third-order valence-electron chi connectivity index (χ3n) is 3.76. The number of nitrogens with one attached hydrogen (secondary N) is 1. The molecule has 1 aliphatic heterocycles. The van der Waals surface area contributed by atoms with Crippen molar-refractivity contribution >= 4 is 16.8 Å². The van der Waals surface area contributed by atoms with E-state index in [0.29, 0.717) is 25.2 Å². The lowest BCUT2D eigenvalue weighted by Gasteiger charge is -2.26. The predicted octanol–water partition coefficient (Wildman–Crippen LogP) is 2.14. The van der Waals surface area contributed by atoms with E-state index >= 15 is 0 Å². The van der Waals surface area contributed by atoms with Crippen LogP contribution in [0.3, 0.4) is 0 Å². The Morgan fingerprint density at radius 3 is 2.77 bits per heavy atom. The Kier molecular flexibility index (Phi) is 3.82. The summed E-state index contributed by atoms with van der Waals surface area (Å²) in [5, 5.41) is 3.56. The van der Waals surface area contributed by atoms with Crippen molar-refractivity contribution in [2.24, 2.45) is 0 Å². The molecule has 1 aromatic carbocycles. The lowest BCUT2D eigenvalue weighted by molar-refractivity contribution is -0.139. The van der Waals surface area contributed by atoms with Crippen molar-refractivity contribution in [3.05, 3.63) is 36.0 Å². The van der Waals surface area contributed by atoms with Gasteiger partial charge in [0.05, 0.1) is 6.54 Å². The lowest BCUT2D eigenvalue weighted by atomic mass is 10.1. The maximum Gasteiger partial charge on any atom is 0.406 e. The van der Waals surface area contributed by atoms with Gasteiger partial charge in [-0.2, -0.15) is 13.2 Å². The minimum absolute atomic E-state index is 0.0203. The van der Waals surface area contributed by atoms with Crippen molar-refractivity contribution in [3.8, 4) is 0 Å². The largest absolute Gasteiger partial charge is 0.406 e. The van der Waals surface area contributed by atoms with Crippen molar-refractivity contribution in [2.75, 3.05) is 19.6 Å². The number of fused-ring (bicyclic) bond motifs is 1. The highest BCUT2D eigenvalue weighted by Crippen LogP contribution is 2.25. The second-order valence-electron chi connectivity index (χ2n) is 5.47. The zero-order chi connectivity index (χ0) is 15.7. The van der Waals surface area contributed by atoms with E-state index in [9.17, 15) is 18.0 Å². The number of hydrogen-bond acceptors (Lipinski definition) is 2. The van der Waals surface area contributed by atoms with Gasteiger partial charge in [-0.3, -0.25) is 9.69 Å². The molecule has 0 unspecified atom stereocenters. The van der Waals surface area contributed by atoms with Crippen molar-refractivity contribution in [2.45, 2.75) is 19.3 Å². The highest BCUT2D eigenvalue weighted by molar-refractivity contribution is 5.84. The molecule has 0 aliphatic carbocycles. The van der Waals surface area contributed by atoms with E-state index < -0.39 is 12.7 Å². The number of alkyl halides is 3. The van der Waals surface area contributed by atoms with Crippen molar-refractivity contribution in [3.63, 3.8) is 0 Å². The molecule has 0 bridgehead atoms. The Morgan fingerprint density at radius 2 is 2.05 bits per heavy atom. The topological polar surface area (TPSA) is 37.3 Å². The molecule has 7 heteroatoms. The first kappa shape index (κ1) is 14.9. The number of benzene rings is 1. The third kappa shape index (κ3) is 3.24. The first-order valence-corrected chi connectivity index (χ1v) is 7.05. The van der Waals surface area contributed by atoms with Crippen LogP contribution in [0.5, 0.6) is 0 Å². The second-order valence-corrected chi connectivity index (χ2v) is 5.47. The molecule has 3 rings (SSSR count). The molecular weight excluding hydrogens is 295 g/mol. The molecule has 1 fully saturated rings. The van der Waals surface area contributed by atoms with Crippen LogP contribution in [0.25, 0.3) is 10.9 Å². The molecule has 118 valence electrons. The van der Waals surface area contributed by atoms with Gasteiger partial charge in [0.2, 0.25) is 5.91 Å². The number of piperazine rings is 1. The summed E-state index contributed by atoms with van der Waals surface area (Å²) in [6.07, 6.45) is -2.78. The van der Waals surface area contributed by atoms with Gasteiger partial charge in [0.15, 0.2) is 0 Å². The second kappa shape index (κ2) is 5.64. The quantitative estimate of drug-likeness (QED) is 0.943. The van der Waals surface area contributed by atoms with E-state index in [0.717, 1.165) is 17.5 Å². The van der Waals surface area contributed by atoms with Crippen LogP contribution in [-0.2, 0) is 17.9 Å². The summed E-state index contributed by atoms with van der Waals surface area (Å²) in [7, 11) is 0. The summed E-state index contributed by atoms with van der Waals surface area (Å²) in [5.74, 6) is -0.0203. The summed E-state index contributed by atoms with van der Waals surface area (Å²) in [4.78, 5) is 13.4. The number of halogens is 3. The van der Waals surface area contributed by atoms with Crippen LogP contribution >= 0.6 is 0 Å². The van der Waals surface area contributed by atoms with Crippen LogP contribution in [-0.4, -0.2) is 41.2 Å². The molecular formula is C15H16F3N3O. The molecule has 0 saturated carbocycles.